The van der Waals surface area contributed by atoms with Crippen molar-refractivity contribution >= 4 is 0 Å². The summed E-state index contributed by atoms with van der Waals surface area (Å²) in [4.78, 5) is 0. The van der Waals surface area contributed by atoms with Gasteiger partial charge in [0.25, 0.3) is 0 Å². The largest absolute Gasteiger partial charge is 0.504 e. The maximum absolute atomic E-state index is 10.3. The van der Waals surface area contributed by atoms with E-state index in [0.717, 1.165) is 24.2 Å². The second-order valence-corrected chi connectivity index (χ2v) is 5.64. The Morgan fingerprint density at radius 1 is 1.18 bits per heavy atom. The third-order valence-corrected chi connectivity index (χ3v) is 3.15. The van der Waals surface area contributed by atoms with E-state index in [0.29, 0.717) is 23.6 Å². The molecule has 0 saturated carbocycles. The molecule has 1 unspecified atom stereocenters. The van der Waals surface area contributed by atoms with Gasteiger partial charge in [-0.2, -0.15) is 5.10 Å². The summed E-state index contributed by atoms with van der Waals surface area (Å²) >= 11 is 0. The first-order chi connectivity index (χ1) is 7.88. The van der Waals surface area contributed by atoms with Crippen LogP contribution in [0.4, 0.5) is 0 Å². The van der Waals surface area contributed by atoms with Gasteiger partial charge in [-0.1, -0.05) is 34.6 Å². The zero-order chi connectivity index (χ0) is 13.2. The molecule has 1 atom stereocenters. The highest BCUT2D eigenvalue weighted by Gasteiger charge is 2.22. The fourth-order valence-electron chi connectivity index (χ4n) is 2.06. The molecule has 0 aliphatic heterocycles. The van der Waals surface area contributed by atoms with Gasteiger partial charge >= 0.3 is 0 Å². The van der Waals surface area contributed by atoms with E-state index in [1.165, 1.54) is 0 Å². The van der Waals surface area contributed by atoms with Gasteiger partial charge < -0.3 is 5.11 Å². The highest BCUT2D eigenvalue weighted by molar-refractivity contribution is 5.35. The SMILES string of the molecule is CCC(C)n1nc(CC(C)C)c(O)c1C(C)C. The Morgan fingerprint density at radius 2 is 1.76 bits per heavy atom. The van der Waals surface area contributed by atoms with E-state index in [1.54, 1.807) is 0 Å². The summed E-state index contributed by atoms with van der Waals surface area (Å²) in [7, 11) is 0. The molecule has 0 aromatic carbocycles. The first kappa shape index (κ1) is 14.1. The van der Waals surface area contributed by atoms with Crippen LogP contribution in [-0.2, 0) is 6.42 Å². The Hall–Kier alpha value is -0.990. The van der Waals surface area contributed by atoms with Gasteiger partial charge in [-0.15, -0.1) is 0 Å². The Kier molecular flexibility index (Phi) is 4.61. The van der Waals surface area contributed by atoms with Crippen molar-refractivity contribution < 1.29 is 5.11 Å². The van der Waals surface area contributed by atoms with Crippen LogP contribution in [0, 0.1) is 5.92 Å². The quantitative estimate of drug-likeness (QED) is 0.845. The summed E-state index contributed by atoms with van der Waals surface area (Å²) in [5.74, 6) is 1.23. The van der Waals surface area contributed by atoms with Crippen LogP contribution in [0.3, 0.4) is 0 Å². The molecule has 98 valence electrons. The molecular formula is C14H26N2O. The molecule has 1 heterocycles. The highest BCUT2D eigenvalue weighted by atomic mass is 16.3. The second kappa shape index (κ2) is 5.56. The molecule has 1 rings (SSSR count). The molecule has 17 heavy (non-hydrogen) atoms. The molecule has 0 aliphatic rings. The lowest BCUT2D eigenvalue weighted by molar-refractivity contribution is 0.428. The molecule has 1 N–H and O–H groups in total. The maximum Gasteiger partial charge on any atom is 0.160 e. The summed E-state index contributed by atoms with van der Waals surface area (Å²) in [6.07, 6.45) is 1.87. The molecule has 0 aliphatic carbocycles. The van der Waals surface area contributed by atoms with Crippen LogP contribution in [0.15, 0.2) is 0 Å². The monoisotopic (exact) mass is 238 g/mol. The fraction of sp³-hybridized carbons (Fsp3) is 0.786. The molecule has 0 bridgehead atoms. The molecule has 1 aromatic rings. The Bertz CT molecular complexity index is 367. The van der Waals surface area contributed by atoms with E-state index in [1.807, 2.05) is 4.68 Å². The lowest BCUT2D eigenvalue weighted by Gasteiger charge is -2.15. The van der Waals surface area contributed by atoms with Crippen molar-refractivity contribution in [1.82, 2.24) is 9.78 Å². The summed E-state index contributed by atoms with van der Waals surface area (Å²) in [6, 6.07) is 0.346. The Labute approximate surface area is 105 Å². The van der Waals surface area contributed by atoms with Gasteiger partial charge in [-0.3, -0.25) is 4.68 Å². The fourth-order valence-corrected chi connectivity index (χ4v) is 2.06. The van der Waals surface area contributed by atoms with Gasteiger partial charge in [0.15, 0.2) is 5.75 Å². The van der Waals surface area contributed by atoms with Gasteiger partial charge in [0.05, 0.1) is 5.69 Å². The highest BCUT2D eigenvalue weighted by Crippen LogP contribution is 2.33. The molecule has 0 spiro atoms. The minimum Gasteiger partial charge on any atom is -0.504 e. The number of nitrogens with zero attached hydrogens (tertiary/aromatic N) is 2. The van der Waals surface area contributed by atoms with Gasteiger partial charge in [0.2, 0.25) is 0 Å². The van der Waals surface area contributed by atoms with Gasteiger partial charge in [-0.25, -0.2) is 0 Å². The van der Waals surface area contributed by atoms with E-state index < -0.39 is 0 Å². The van der Waals surface area contributed by atoms with Crippen LogP contribution in [0.5, 0.6) is 5.75 Å². The minimum absolute atomic E-state index is 0.303. The zero-order valence-corrected chi connectivity index (χ0v) is 12.0. The standard InChI is InChI=1S/C14H26N2O/c1-7-11(6)16-13(10(4)5)14(17)12(15-16)8-9(2)3/h9-11,17H,7-8H2,1-6H3. The Balaban J connectivity index is 3.19. The summed E-state index contributed by atoms with van der Waals surface area (Å²) in [5, 5.41) is 14.9. The smallest absolute Gasteiger partial charge is 0.160 e. The van der Waals surface area contributed by atoms with Crippen molar-refractivity contribution in [2.45, 2.75) is 66.3 Å². The molecule has 0 saturated heterocycles. The van der Waals surface area contributed by atoms with Crippen molar-refractivity contribution in [3.05, 3.63) is 11.4 Å². The molecular weight excluding hydrogens is 212 g/mol. The maximum atomic E-state index is 10.3. The van der Waals surface area contributed by atoms with Crippen molar-refractivity contribution in [3.63, 3.8) is 0 Å². The predicted octanol–water partition coefficient (Wildman–Crippen LogP) is 3.88. The van der Waals surface area contributed by atoms with Crippen molar-refractivity contribution in [1.29, 1.82) is 0 Å². The summed E-state index contributed by atoms with van der Waals surface area (Å²) in [5.41, 5.74) is 1.83. The third kappa shape index (κ3) is 3.02. The van der Waals surface area contributed by atoms with Gasteiger partial charge in [-0.05, 0) is 31.6 Å². The van der Waals surface area contributed by atoms with Gasteiger partial charge in [0.1, 0.15) is 5.69 Å². The molecule has 0 fully saturated rings. The molecule has 0 amide bonds. The first-order valence-electron chi connectivity index (χ1n) is 6.68. The first-order valence-corrected chi connectivity index (χ1v) is 6.68. The number of hydrogen-bond donors (Lipinski definition) is 1. The van der Waals surface area contributed by atoms with E-state index in [4.69, 9.17) is 0 Å². The van der Waals surface area contributed by atoms with Crippen LogP contribution < -0.4 is 0 Å². The van der Waals surface area contributed by atoms with Gasteiger partial charge in [0, 0.05) is 6.04 Å². The number of aromatic nitrogens is 2. The van der Waals surface area contributed by atoms with Crippen LogP contribution in [0.25, 0.3) is 0 Å². The Morgan fingerprint density at radius 3 is 2.18 bits per heavy atom. The number of rotatable bonds is 5. The van der Waals surface area contributed by atoms with Crippen molar-refractivity contribution in [2.75, 3.05) is 0 Å². The molecule has 3 nitrogen and oxygen atoms in total. The lowest BCUT2D eigenvalue weighted by Crippen LogP contribution is -2.11. The number of hydrogen-bond acceptors (Lipinski definition) is 2. The second-order valence-electron chi connectivity index (χ2n) is 5.64. The minimum atomic E-state index is 0.303. The van der Waals surface area contributed by atoms with Crippen LogP contribution in [0.1, 0.15) is 71.3 Å². The summed E-state index contributed by atoms with van der Waals surface area (Å²) in [6.45, 7) is 12.8. The molecule has 3 heteroatoms. The number of aromatic hydroxyl groups is 1. The van der Waals surface area contributed by atoms with E-state index >= 15 is 0 Å². The molecule has 0 radical (unpaired) electrons. The van der Waals surface area contributed by atoms with E-state index in [2.05, 4.69) is 46.6 Å². The van der Waals surface area contributed by atoms with E-state index in [-0.39, 0.29) is 0 Å². The van der Waals surface area contributed by atoms with Crippen molar-refractivity contribution in [3.8, 4) is 5.75 Å². The van der Waals surface area contributed by atoms with Crippen LogP contribution in [0.2, 0.25) is 0 Å². The van der Waals surface area contributed by atoms with Crippen LogP contribution in [-0.4, -0.2) is 14.9 Å². The third-order valence-electron chi connectivity index (χ3n) is 3.15. The topological polar surface area (TPSA) is 38.0 Å². The normalized spacial score (nSPS) is 13.6. The van der Waals surface area contributed by atoms with E-state index in [9.17, 15) is 5.11 Å². The van der Waals surface area contributed by atoms with Crippen molar-refractivity contribution in [2.24, 2.45) is 5.92 Å². The average molecular weight is 238 g/mol. The summed E-state index contributed by atoms with van der Waals surface area (Å²) < 4.78 is 2.01. The average Bonchev–Trinajstić information content (AvgIpc) is 2.54. The van der Waals surface area contributed by atoms with Crippen LogP contribution >= 0.6 is 0 Å². The lowest BCUT2D eigenvalue weighted by atomic mass is 10.0. The zero-order valence-electron chi connectivity index (χ0n) is 12.0. The predicted molar refractivity (Wildman–Crippen MR) is 71.5 cm³/mol. The molecule has 1 aromatic heterocycles.